The quantitative estimate of drug-likeness (QED) is 0.596. The second kappa shape index (κ2) is 8.34. The first-order chi connectivity index (χ1) is 14.8. The molecule has 1 spiro atoms. The van der Waals surface area contributed by atoms with E-state index in [0.29, 0.717) is 45.1 Å². The third kappa shape index (κ3) is 3.77. The highest BCUT2D eigenvalue weighted by molar-refractivity contribution is 6.35. The first-order valence-electron chi connectivity index (χ1n) is 10.3. The number of para-hydroxylation sites is 1. The fourth-order valence-electron chi connectivity index (χ4n) is 4.77. The average molecular weight is 462 g/mol. The van der Waals surface area contributed by atoms with E-state index in [1.54, 1.807) is 30.3 Å². The Morgan fingerprint density at radius 1 is 1.29 bits per heavy atom. The number of anilines is 2. The third-order valence-electron chi connectivity index (χ3n) is 6.00. The van der Waals surface area contributed by atoms with Crippen LogP contribution < -0.4 is 20.7 Å². The van der Waals surface area contributed by atoms with Crippen molar-refractivity contribution < 1.29 is 14.3 Å². The van der Waals surface area contributed by atoms with Gasteiger partial charge in [0.05, 0.1) is 29.4 Å². The number of carbonyl (C=O) groups excluding carboxylic acids is 2. The van der Waals surface area contributed by atoms with Gasteiger partial charge < -0.3 is 15.4 Å². The molecule has 0 saturated carbocycles. The summed E-state index contributed by atoms with van der Waals surface area (Å²) in [6, 6.07) is 10.4. The fraction of sp³-hybridized carbons (Fsp3) is 0.391. The van der Waals surface area contributed by atoms with E-state index in [2.05, 4.69) is 29.8 Å². The van der Waals surface area contributed by atoms with Crippen LogP contribution in [0.25, 0.3) is 0 Å². The van der Waals surface area contributed by atoms with Gasteiger partial charge in [-0.3, -0.25) is 14.9 Å². The van der Waals surface area contributed by atoms with Crippen LogP contribution in [0.3, 0.4) is 0 Å². The average Bonchev–Trinajstić information content (AvgIpc) is 3.22. The second-order valence-corrected chi connectivity index (χ2v) is 9.36. The number of hydrogen-bond acceptors (Lipinski definition) is 4. The molecule has 0 bridgehead atoms. The monoisotopic (exact) mass is 461 g/mol. The molecule has 1 fully saturated rings. The van der Waals surface area contributed by atoms with Crippen molar-refractivity contribution in [2.24, 2.45) is 11.8 Å². The molecule has 1 saturated heterocycles. The molecule has 8 heteroatoms. The predicted octanol–water partition coefficient (Wildman–Crippen LogP) is 4.81. The number of fused-ring (bicyclic) bond motifs is 2. The van der Waals surface area contributed by atoms with Crippen molar-refractivity contribution in [2.45, 2.75) is 38.3 Å². The number of nitrogens with one attached hydrogen (secondary N) is 3. The summed E-state index contributed by atoms with van der Waals surface area (Å²) < 4.78 is 5.36. The smallest absolute Gasteiger partial charge is 0.250 e. The Balaban J connectivity index is 1.75. The Labute approximate surface area is 191 Å². The molecule has 164 valence electrons. The van der Waals surface area contributed by atoms with Crippen LogP contribution in [0.4, 0.5) is 11.4 Å². The molecule has 31 heavy (non-hydrogen) atoms. The van der Waals surface area contributed by atoms with E-state index in [1.165, 1.54) is 7.11 Å². The van der Waals surface area contributed by atoms with Crippen LogP contribution in [0.1, 0.15) is 32.3 Å². The van der Waals surface area contributed by atoms with Crippen LogP contribution in [0.2, 0.25) is 10.0 Å². The topological polar surface area (TPSA) is 79.5 Å². The number of methoxy groups -OCH3 is 1. The molecule has 0 aromatic heterocycles. The van der Waals surface area contributed by atoms with Gasteiger partial charge in [-0.2, -0.15) is 0 Å². The van der Waals surface area contributed by atoms with Gasteiger partial charge in [0.2, 0.25) is 11.8 Å². The largest absolute Gasteiger partial charge is 0.495 e. The van der Waals surface area contributed by atoms with Gasteiger partial charge in [0, 0.05) is 16.6 Å². The van der Waals surface area contributed by atoms with E-state index >= 15 is 0 Å². The maximum absolute atomic E-state index is 13.6. The molecule has 2 aliphatic rings. The number of ether oxygens (including phenoxy) is 1. The Kier molecular flexibility index (Phi) is 5.90. The molecule has 2 aromatic rings. The molecule has 2 aliphatic heterocycles. The van der Waals surface area contributed by atoms with Gasteiger partial charge in [0.1, 0.15) is 11.3 Å². The summed E-state index contributed by atoms with van der Waals surface area (Å²) in [4.78, 5) is 26.9. The van der Waals surface area contributed by atoms with Crippen LogP contribution in [0.15, 0.2) is 36.4 Å². The highest BCUT2D eigenvalue weighted by Crippen LogP contribution is 2.50. The van der Waals surface area contributed by atoms with E-state index in [9.17, 15) is 9.59 Å². The van der Waals surface area contributed by atoms with Crippen LogP contribution in [0, 0.1) is 11.8 Å². The molecule has 3 N–H and O–H groups in total. The molecule has 2 amide bonds. The summed E-state index contributed by atoms with van der Waals surface area (Å²) >= 11 is 12.5. The molecule has 0 aliphatic carbocycles. The fourth-order valence-corrected chi connectivity index (χ4v) is 5.17. The standard InChI is InChI=1S/C23H25Cl2N3O3/c1-12(2)9-14-11-16(21(29)26-18-10-13(24)7-8-19(18)31-3)23(28-14)15-5-4-6-17(25)20(15)27-22(23)30/h4-8,10,12,14,16,28H,9,11H2,1-3H3,(H,26,29)(H,27,30)/t14-,16+,23-/m1/s1. The van der Waals surface area contributed by atoms with Crippen molar-refractivity contribution in [1.82, 2.24) is 5.32 Å². The summed E-state index contributed by atoms with van der Waals surface area (Å²) in [6.45, 7) is 4.25. The van der Waals surface area contributed by atoms with Crippen molar-refractivity contribution in [2.75, 3.05) is 17.7 Å². The highest BCUT2D eigenvalue weighted by Gasteiger charge is 2.60. The molecule has 6 nitrogen and oxygen atoms in total. The summed E-state index contributed by atoms with van der Waals surface area (Å²) in [5, 5.41) is 10.3. The molecule has 2 aromatic carbocycles. The van der Waals surface area contributed by atoms with Crippen molar-refractivity contribution in [3.8, 4) is 5.75 Å². The van der Waals surface area contributed by atoms with E-state index in [-0.39, 0.29) is 17.9 Å². The zero-order valence-corrected chi connectivity index (χ0v) is 19.1. The number of carbonyl (C=O) groups is 2. The van der Waals surface area contributed by atoms with Gasteiger partial charge in [-0.15, -0.1) is 0 Å². The minimum atomic E-state index is -1.18. The first-order valence-corrected chi connectivity index (χ1v) is 11.0. The number of hydrogen-bond donors (Lipinski definition) is 3. The number of benzene rings is 2. The molecule has 0 radical (unpaired) electrons. The zero-order chi connectivity index (χ0) is 22.3. The van der Waals surface area contributed by atoms with Gasteiger partial charge >= 0.3 is 0 Å². The molecule has 4 rings (SSSR count). The lowest BCUT2D eigenvalue weighted by Crippen LogP contribution is -2.52. The highest BCUT2D eigenvalue weighted by atomic mass is 35.5. The zero-order valence-electron chi connectivity index (χ0n) is 17.6. The Hall–Kier alpha value is -2.28. The lowest BCUT2D eigenvalue weighted by molar-refractivity contribution is -0.130. The van der Waals surface area contributed by atoms with Gasteiger partial charge in [-0.1, -0.05) is 49.2 Å². The van der Waals surface area contributed by atoms with Crippen LogP contribution in [0.5, 0.6) is 5.75 Å². The number of amides is 2. The minimum absolute atomic E-state index is 0.00712. The molecular formula is C23H25Cl2N3O3. The summed E-state index contributed by atoms with van der Waals surface area (Å²) in [5.41, 5.74) is 0.544. The Morgan fingerprint density at radius 3 is 2.77 bits per heavy atom. The third-order valence-corrected chi connectivity index (χ3v) is 6.55. The molecule has 3 atom stereocenters. The van der Waals surface area contributed by atoms with E-state index in [0.717, 1.165) is 6.42 Å². The molecule has 0 unspecified atom stereocenters. The van der Waals surface area contributed by atoms with Crippen LogP contribution in [-0.2, 0) is 15.1 Å². The molecule has 2 heterocycles. The van der Waals surface area contributed by atoms with E-state index in [4.69, 9.17) is 27.9 Å². The minimum Gasteiger partial charge on any atom is -0.495 e. The number of halogens is 2. The molecular weight excluding hydrogens is 437 g/mol. The van der Waals surface area contributed by atoms with Gasteiger partial charge in [-0.25, -0.2) is 0 Å². The van der Waals surface area contributed by atoms with Crippen molar-refractivity contribution >= 4 is 46.4 Å². The van der Waals surface area contributed by atoms with Gasteiger partial charge in [-0.05, 0) is 43.0 Å². The lowest BCUT2D eigenvalue weighted by atomic mass is 9.79. The first kappa shape index (κ1) is 21.9. The second-order valence-electron chi connectivity index (χ2n) is 8.52. The van der Waals surface area contributed by atoms with Crippen LogP contribution >= 0.6 is 23.2 Å². The summed E-state index contributed by atoms with van der Waals surface area (Å²) in [7, 11) is 1.53. The van der Waals surface area contributed by atoms with Gasteiger partial charge in [0.25, 0.3) is 0 Å². The maximum Gasteiger partial charge on any atom is 0.250 e. The number of rotatable bonds is 5. The lowest BCUT2D eigenvalue weighted by Gasteiger charge is -2.29. The van der Waals surface area contributed by atoms with E-state index < -0.39 is 11.5 Å². The predicted molar refractivity (Wildman–Crippen MR) is 123 cm³/mol. The Morgan fingerprint density at radius 2 is 2.06 bits per heavy atom. The van der Waals surface area contributed by atoms with Crippen molar-refractivity contribution in [1.29, 1.82) is 0 Å². The van der Waals surface area contributed by atoms with Crippen molar-refractivity contribution in [3.05, 3.63) is 52.0 Å². The van der Waals surface area contributed by atoms with Crippen LogP contribution in [-0.4, -0.2) is 25.0 Å². The summed E-state index contributed by atoms with van der Waals surface area (Å²) in [5.74, 6) is -0.273. The van der Waals surface area contributed by atoms with Crippen molar-refractivity contribution in [3.63, 3.8) is 0 Å². The van der Waals surface area contributed by atoms with Gasteiger partial charge in [0.15, 0.2) is 0 Å². The SMILES string of the molecule is COc1ccc(Cl)cc1NC(=O)[C@@H]1C[C@@H](CC(C)C)N[C@@]12C(=O)Nc1c(Cl)cccc12. The summed E-state index contributed by atoms with van der Waals surface area (Å²) in [6.07, 6.45) is 1.36. The van der Waals surface area contributed by atoms with E-state index in [1.807, 2.05) is 6.07 Å². The normalized spacial score (nSPS) is 24.4. The Bertz CT molecular complexity index is 1040. The maximum atomic E-state index is 13.6.